The van der Waals surface area contributed by atoms with Crippen LogP contribution in [-0.4, -0.2) is 49.4 Å². The van der Waals surface area contributed by atoms with Crippen LogP contribution in [0.15, 0.2) is 18.2 Å². The van der Waals surface area contributed by atoms with Gasteiger partial charge < -0.3 is 15.5 Å². The van der Waals surface area contributed by atoms with Crippen LogP contribution in [0.3, 0.4) is 0 Å². The minimum atomic E-state index is -0.852. The van der Waals surface area contributed by atoms with Crippen LogP contribution < -0.4 is 10.6 Å². The summed E-state index contributed by atoms with van der Waals surface area (Å²) in [5.74, 6) is -2.10. The number of hydrogen-bond donors (Lipinski definition) is 2. The lowest BCUT2D eigenvalue weighted by Gasteiger charge is -2.35. The van der Waals surface area contributed by atoms with Gasteiger partial charge in [0, 0.05) is 31.6 Å². The van der Waals surface area contributed by atoms with E-state index in [0.29, 0.717) is 32.5 Å². The molecule has 156 valence electrons. The standard InChI is InChI=1S/C20H27F2N3O2.ClH/c1-20(6-8-23-9-7-20)13-24-18(26)14-4-10-25(11-5-14)19(27)16-3-2-15(21)12-17(16)22;/h2-3,12,14,23H,4-11,13H2,1H3,(H,24,26);1H. The Hall–Kier alpha value is -1.73. The van der Waals surface area contributed by atoms with Crippen molar-refractivity contribution in [2.75, 3.05) is 32.7 Å². The maximum atomic E-state index is 13.8. The summed E-state index contributed by atoms with van der Waals surface area (Å²) in [7, 11) is 0. The molecule has 5 nitrogen and oxygen atoms in total. The zero-order valence-electron chi connectivity index (χ0n) is 16.1. The topological polar surface area (TPSA) is 61.4 Å². The Labute approximate surface area is 170 Å². The van der Waals surface area contributed by atoms with Crippen molar-refractivity contribution in [3.05, 3.63) is 35.4 Å². The molecular weight excluding hydrogens is 388 g/mol. The Balaban J connectivity index is 0.00000280. The van der Waals surface area contributed by atoms with Crippen LogP contribution in [0.1, 0.15) is 43.0 Å². The third kappa shape index (κ3) is 5.41. The summed E-state index contributed by atoms with van der Waals surface area (Å²) in [6.07, 6.45) is 3.20. The van der Waals surface area contributed by atoms with Crippen LogP contribution in [0.4, 0.5) is 8.78 Å². The Bertz CT molecular complexity index is 703. The number of benzene rings is 1. The fraction of sp³-hybridized carbons (Fsp3) is 0.600. The number of carbonyl (C=O) groups excluding carboxylic acids is 2. The number of amides is 2. The highest BCUT2D eigenvalue weighted by molar-refractivity contribution is 5.94. The maximum absolute atomic E-state index is 13.8. The van der Waals surface area contributed by atoms with Crippen molar-refractivity contribution in [2.24, 2.45) is 11.3 Å². The molecule has 2 aliphatic heterocycles. The van der Waals surface area contributed by atoms with Gasteiger partial charge in [-0.1, -0.05) is 6.92 Å². The second kappa shape index (κ2) is 9.65. The molecule has 0 radical (unpaired) electrons. The number of piperidine rings is 2. The second-order valence-electron chi connectivity index (χ2n) is 7.97. The van der Waals surface area contributed by atoms with Gasteiger partial charge in [0.05, 0.1) is 5.56 Å². The van der Waals surface area contributed by atoms with Gasteiger partial charge >= 0.3 is 0 Å². The molecule has 0 aliphatic carbocycles. The van der Waals surface area contributed by atoms with Crippen molar-refractivity contribution in [3.63, 3.8) is 0 Å². The molecule has 2 saturated heterocycles. The first-order valence-corrected chi connectivity index (χ1v) is 9.61. The van der Waals surface area contributed by atoms with E-state index in [2.05, 4.69) is 17.6 Å². The van der Waals surface area contributed by atoms with Crippen LogP contribution in [0, 0.1) is 23.0 Å². The van der Waals surface area contributed by atoms with Gasteiger partial charge in [-0.25, -0.2) is 8.78 Å². The molecule has 2 N–H and O–H groups in total. The molecule has 0 atom stereocenters. The van der Waals surface area contributed by atoms with Gasteiger partial charge in [-0.2, -0.15) is 0 Å². The summed E-state index contributed by atoms with van der Waals surface area (Å²) in [6.45, 7) is 5.63. The van der Waals surface area contributed by atoms with Gasteiger partial charge in [-0.05, 0) is 56.3 Å². The number of halogens is 3. The summed E-state index contributed by atoms with van der Waals surface area (Å²) in [5, 5.41) is 6.41. The van der Waals surface area contributed by atoms with Crippen molar-refractivity contribution in [3.8, 4) is 0 Å². The highest BCUT2D eigenvalue weighted by Gasteiger charge is 2.31. The van der Waals surface area contributed by atoms with Crippen molar-refractivity contribution in [2.45, 2.75) is 32.6 Å². The number of carbonyl (C=O) groups is 2. The van der Waals surface area contributed by atoms with E-state index >= 15 is 0 Å². The average Bonchev–Trinajstić information content (AvgIpc) is 2.66. The number of rotatable bonds is 4. The molecule has 1 aromatic carbocycles. The third-order valence-corrected chi connectivity index (χ3v) is 5.81. The zero-order chi connectivity index (χ0) is 19.4. The van der Waals surface area contributed by atoms with Crippen molar-refractivity contribution < 1.29 is 18.4 Å². The Morgan fingerprint density at radius 1 is 1.21 bits per heavy atom. The molecule has 2 fully saturated rings. The zero-order valence-corrected chi connectivity index (χ0v) is 16.9. The normalized spacial score (nSPS) is 19.6. The van der Waals surface area contributed by atoms with Crippen LogP contribution >= 0.6 is 12.4 Å². The predicted octanol–water partition coefficient (Wildman–Crippen LogP) is 2.74. The molecule has 1 aromatic rings. The Morgan fingerprint density at radius 2 is 1.86 bits per heavy atom. The van der Waals surface area contributed by atoms with Gasteiger partial charge in [-0.15, -0.1) is 12.4 Å². The third-order valence-electron chi connectivity index (χ3n) is 5.81. The molecule has 0 bridgehead atoms. The quantitative estimate of drug-likeness (QED) is 0.794. The van der Waals surface area contributed by atoms with E-state index in [-0.39, 0.29) is 35.2 Å². The SMILES string of the molecule is CC1(CNC(=O)C2CCN(C(=O)c3ccc(F)cc3F)CC2)CCNCC1.Cl. The van der Waals surface area contributed by atoms with E-state index < -0.39 is 17.5 Å². The first kappa shape index (κ1) is 22.6. The van der Waals surface area contributed by atoms with E-state index in [4.69, 9.17) is 0 Å². The van der Waals surface area contributed by atoms with Gasteiger partial charge in [0.1, 0.15) is 11.6 Å². The number of nitrogens with one attached hydrogen (secondary N) is 2. The lowest BCUT2D eigenvalue weighted by Crippen LogP contribution is -2.47. The summed E-state index contributed by atoms with van der Waals surface area (Å²) in [4.78, 5) is 26.5. The molecule has 28 heavy (non-hydrogen) atoms. The highest BCUT2D eigenvalue weighted by Crippen LogP contribution is 2.27. The molecule has 2 heterocycles. The summed E-state index contributed by atoms with van der Waals surface area (Å²) < 4.78 is 26.8. The van der Waals surface area contributed by atoms with E-state index in [0.717, 1.165) is 38.1 Å². The van der Waals surface area contributed by atoms with Gasteiger partial charge in [0.15, 0.2) is 0 Å². The first-order valence-electron chi connectivity index (χ1n) is 9.61. The van der Waals surface area contributed by atoms with E-state index in [1.807, 2.05) is 0 Å². The molecular formula is C20H28ClF2N3O2. The second-order valence-corrected chi connectivity index (χ2v) is 7.97. The lowest BCUT2D eigenvalue weighted by atomic mass is 9.81. The molecule has 3 rings (SSSR count). The molecule has 0 aromatic heterocycles. The van der Waals surface area contributed by atoms with Gasteiger partial charge in [0.25, 0.3) is 5.91 Å². The Morgan fingerprint density at radius 3 is 2.46 bits per heavy atom. The van der Waals surface area contributed by atoms with Crippen LogP contribution in [0.5, 0.6) is 0 Å². The molecule has 2 amide bonds. The van der Waals surface area contributed by atoms with Crippen LogP contribution in [0.2, 0.25) is 0 Å². The van der Waals surface area contributed by atoms with E-state index in [1.54, 1.807) is 0 Å². The molecule has 2 aliphatic rings. The van der Waals surface area contributed by atoms with Crippen molar-refractivity contribution in [1.29, 1.82) is 0 Å². The van der Waals surface area contributed by atoms with Crippen molar-refractivity contribution >= 4 is 24.2 Å². The number of nitrogens with zero attached hydrogens (tertiary/aromatic N) is 1. The van der Waals surface area contributed by atoms with Crippen LogP contribution in [-0.2, 0) is 4.79 Å². The largest absolute Gasteiger partial charge is 0.355 e. The summed E-state index contributed by atoms with van der Waals surface area (Å²) in [6, 6.07) is 2.97. The fourth-order valence-corrected chi connectivity index (χ4v) is 3.83. The smallest absolute Gasteiger partial charge is 0.256 e. The van der Waals surface area contributed by atoms with Gasteiger partial charge in [0.2, 0.25) is 5.91 Å². The maximum Gasteiger partial charge on any atom is 0.256 e. The monoisotopic (exact) mass is 415 g/mol. The van der Waals surface area contributed by atoms with E-state index in [1.165, 1.54) is 11.0 Å². The molecule has 0 unspecified atom stereocenters. The fourth-order valence-electron chi connectivity index (χ4n) is 3.83. The highest BCUT2D eigenvalue weighted by atomic mass is 35.5. The number of hydrogen-bond acceptors (Lipinski definition) is 3. The van der Waals surface area contributed by atoms with Crippen molar-refractivity contribution in [1.82, 2.24) is 15.5 Å². The average molecular weight is 416 g/mol. The van der Waals surface area contributed by atoms with Crippen LogP contribution in [0.25, 0.3) is 0 Å². The predicted molar refractivity (Wildman–Crippen MR) is 105 cm³/mol. The lowest BCUT2D eigenvalue weighted by molar-refractivity contribution is -0.126. The molecule has 0 saturated carbocycles. The summed E-state index contributed by atoms with van der Waals surface area (Å²) in [5.41, 5.74) is 0.00987. The van der Waals surface area contributed by atoms with Gasteiger partial charge in [-0.3, -0.25) is 9.59 Å². The minimum Gasteiger partial charge on any atom is -0.355 e. The minimum absolute atomic E-state index is 0. The first-order chi connectivity index (χ1) is 12.9. The van der Waals surface area contributed by atoms with E-state index in [9.17, 15) is 18.4 Å². The number of likely N-dealkylation sites (tertiary alicyclic amines) is 1. The summed E-state index contributed by atoms with van der Waals surface area (Å²) >= 11 is 0. The Kier molecular flexibility index (Phi) is 7.78. The molecule has 8 heteroatoms. The molecule has 0 spiro atoms.